The molecule has 0 saturated carbocycles. The van der Waals surface area contributed by atoms with Crippen LogP contribution in [-0.4, -0.2) is 53.8 Å². The molecule has 2 aliphatic heterocycles. The van der Waals surface area contributed by atoms with Gasteiger partial charge in [-0.1, -0.05) is 24.3 Å². The molecule has 2 aromatic carbocycles. The molecule has 5 rings (SSSR count). The first-order chi connectivity index (χ1) is 16.1. The number of amides is 2. The molecule has 1 saturated heterocycles. The van der Waals surface area contributed by atoms with Gasteiger partial charge in [-0.2, -0.15) is 5.10 Å². The van der Waals surface area contributed by atoms with E-state index < -0.39 is 0 Å². The number of nitrogens with one attached hydrogen (secondary N) is 1. The van der Waals surface area contributed by atoms with Crippen LogP contribution in [0.2, 0.25) is 0 Å². The Kier molecular flexibility index (Phi) is 5.73. The van der Waals surface area contributed by atoms with E-state index in [1.807, 2.05) is 59.5 Å². The number of likely N-dealkylation sites (tertiary alicyclic amines) is 1. The quantitative estimate of drug-likeness (QED) is 0.649. The summed E-state index contributed by atoms with van der Waals surface area (Å²) in [6.45, 7) is 1.59. The van der Waals surface area contributed by atoms with Crippen molar-refractivity contribution in [2.45, 2.75) is 25.2 Å². The number of aromatic amines is 1. The third kappa shape index (κ3) is 4.41. The summed E-state index contributed by atoms with van der Waals surface area (Å²) in [5, 5.41) is 7.30. The van der Waals surface area contributed by atoms with Crippen LogP contribution in [0.5, 0.6) is 11.5 Å². The first-order valence-corrected chi connectivity index (χ1v) is 11.1. The van der Waals surface area contributed by atoms with Crippen molar-refractivity contribution >= 4 is 17.5 Å². The van der Waals surface area contributed by atoms with Gasteiger partial charge in [0.15, 0.2) is 17.2 Å². The summed E-state index contributed by atoms with van der Waals surface area (Å²) in [6.07, 6.45) is 2.00. The minimum atomic E-state index is -0.153. The Morgan fingerprint density at radius 3 is 2.61 bits per heavy atom. The number of carbonyl (C=O) groups excluding carboxylic acids is 2. The second-order valence-corrected chi connectivity index (χ2v) is 8.43. The number of carbonyl (C=O) groups is 2. The van der Waals surface area contributed by atoms with Crippen molar-refractivity contribution < 1.29 is 19.1 Å². The van der Waals surface area contributed by atoms with Crippen LogP contribution >= 0.6 is 0 Å². The third-order valence-corrected chi connectivity index (χ3v) is 6.34. The number of H-pyrrole nitrogens is 1. The molecule has 0 unspecified atom stereocenters. The van der Waals surface area contributed by atoms with Gasteiger partial charge in [-0.05, 0) is 48.7 Å². The van der Waals surface area contributed by atoms with Gasteiger partial charge in [0.05, 0.1) is 6.42 Å². The van der Waals surface area contributed by atoms with E-state index in [1.54, 1.807) is 11.9 Å². The summed E-state index contributed by atoms with van der Waals surface area (Å²) in [5.74, 6) is 1.62. The Bertz CT molecular complexity index is 1150. The highest BCUT2D eigenvalue weighted by Gasteiger charge is 2.27. The van der Waals surface area contributed by atoms with E-state index in [2.05, 4.69) is 10.2 Å². The van der Waals surface area contributed by atoms with Crippen molar-refractivity contribution in [2.24, 2.45) is 0 Å². The lowest BCUT2D eigenvalue weighted by Crippen LogP contribution is -2.38. The second kappa shape index (κ2) is 8.97. The number of hydrogen-bond donors (Lipinski definition) is 1. The van der Waals surface area contributed by atoms with Gasteiger partial charge in [0.25, 0.3) is 5.91 Å². The highest BCUT2D eigenvalue weighted by Crippen LogP contribution is 2.33. The molecule has 1 fully saturated rings. The highest BCUT2D eigenvalue weighted by atomic mass is 16.7. The maximum absolute atomic E-state index is 12.8. The molecule has 3 aromatic rings. The topological polar surface area (TPSA) is 87.8 Å². The lowest BCUT2D eigenvalue weighted by atomic mass is 9.93. The molecule has 2 aliphatic rings. The number of nitrogens with zero attached hydrogens (tertiary/aromatic N) is 3. The molecule has 33 heavy (non-hydrogen) atoms. The number of para-hydroxylation sites is 1. The normalized spacial score (nSPS) is 15.5. The molecule has 1 aromatic heterocycles. The van der Waals surface area contributed by atoms with Crippen molar-refractivity contribution in [1.82, 2.24) is 15.1 Å². The summed E-state index contributed by atoms with van der Waals surface area (Å²) >= 11 is 0. The second-order valence-electron chi connectivity index (χ2n) is 8.43. The van der Waals surface area contributed by atoms with E-state index in [1.165, 1.54) is 0 Å². The number of piperidine rings is 1. The summed E-state index contributed by atoms with van der Waals surface area (Å²) in [5.41, 5.74) is 3.09. The van der Waals surface area contributed by atoms with Crippen LogP contribution in [-0.2, 0) is 11.2 Å². The average molecular weight is 447 g/mol. The molecule has 2 amide bonds. The molecule has 170 valence electrons. The summed E-state index contributed by atoms with van der Waals surface area (Å²) in [6, 6.07) is 17.0. The van der Waals surface area contributed by atoms with Gasteiger partial charge in [-0.25, -0.2) is 0 Å². The summed E-state index contributed by atoms with van der Waals surface area (Å²) in [7, 11) is 1.75. The van der Waals surface area contributed by atoms with Gasteiger partial charge in [0, 0.05) is 37.4 Å². The average Bonchev–Trinajstić information content (AvgIpc) is 3.53. The number of hydrogen-bond acceptors (Lipinski definition) is 5. The Balaban J connectivity index is 1.16. The number of anilines is 1. The van der Waals surface area contributed by atoms with Gasteiger partial charge in [-0.15, -0.1) is 0 Å². The Morgan fingerprint density at radius 2 is 1.82 bits per heavy atom. The van der Waals surface area contributed by atoms with E-state index in [0.717, 1.165) is 35.5 Å². The molecular formula is C25H26N4O4. The zero-order chi connectivity index (χ0) is 22.8. The van der Waals surface area contributed by atoms with Crippen LogP contribution in [0.3, 0.4) is 0 Å². The maximum Gasteiger partial charge on any atom is 0.278 e. The van der Waals surface area contributed by atoms with Gasteiger partial charge < -0.3 is 19.3 Å². The predicted octanol–water partition coefficient (Wildman–Crippen LogP) is 3.36. The van der Waals surface area contributed by atoms with Crippen LogP contribution in [0.4, 0.5) is 5.69 Å². The number of benzene rings is 2. The van der Waals surface area contributed by atoms with E-state index >= 15 is 0 Å². The van der Waals surface area contributed by atoms with E-state index in [9.17, 15) is 9.59 Å². The third-order valence-electron chi connectivity index (χ3n) is 6.34. The lowest BCUT2D eigenvalue weighted by molar-refractivity contribution is -0.131. The smallest absolute Gasteiger partial charge is 0.278 e. The van der Waals surface area contributed by atoms with Crippen molar-refractivity contribution in [3.8, 4) is 11.5 Å². The monoisotopic (exact) mass is 446 g/mol. The predicted molar refractivity (Wildman–Crippen MR) is 123 cm³/mol. The number of fused-ring (bicyclic) bond motifs is 1. The summed E-state index contributed by atoms with van der Waals surface area (Å²) in [4.78, 5) is 29.1. The molecule has 8 nitrogen and oxygen atoms in total. The van der Waals surface area contributed by atoms with Crippen LogP contribution in [0, 0.1) is 0 Å². The number of rotatable bonds is 5. The SMILES string of the molecule is CN(C(=O)c1cc(C2CCN(C(=O)Cc3ccc4c(c3)OCO4)CC2)[nH]n1)c1ccccc1. The van der Waals surface area contributed by atoms with Crippen molar-refractivity contribution in [3.63, 3.8) is 0 Å². The molecule has 3 heterocycles. The zero-order valence-corrected chi connectivity index (χ0v) is 18.5. The van der Waals surface area contributed by atoms with Crippen molar-refractivity contribution in [3.05, 3.63) is 71.5 Å². The van der Waals surface area contributed by atoms with E-state index in [4.69, 9.17) is 9.47 Å². The first kappa shape index (κ1) is 21.1. The van der Waals surface area contributed by atoms with Crippen LogP contribution < -0.4 is 14.4 Å². The van der Waals surface area contributed by atoms with Crippen LogP contribution in [0.1, 0.15) is 40.5 Å². The molecule has 0 spiro atoms. The zero-order valence-electron chi connectivity index (χ0n) is 18.5. The fraction of sp³-hybridized carbons (Fsp3) is 0.320. The van der Waals surface area contributed by atoms with Gasteiger partial charge in [0.1, 0.15) is 0 Å². The van der Waals surface area contributed by atoms with Gasteiger partial charge in [-0.3, -0.25) is 14.7 Å². The number of aromatic nitrogens is 2. The minimum absolute atomic E-state index is 0.109. The molecule has 0 radical (unpaired) electrons. The standard InChI is InChI=1S/C25H26N4O4/c1-28(19-5-3-2-4-6-19)25(31)21-15-20(26-27-21)18-9-11-29(12-10-18)24(30)14-17-7-8-22-23(13-17)33-16-32-22/h2-8,13,15,18H,9-12,14,16H2,1H3,(H,26,27). The Hall–Kier alpha value is -3.81. The fourth-order valence-corrected chi connectivity index (χ4v) is 4.37. The molecule has 8 heteroatoms. The summed E-state index contributed by atoms with van der Waals surface area (Å²) < 4.78 is 10.7. The molecule has 0 bridgehead atoms. The van der Waals surface area contributed by atoms with Gasteiger partial charge >= 0.3 is 0 Å². The van der Waals surface area contributed by atoms with E-state index in [-0.39, 0.29) is 24.5 Å². The largest absolute Gasteiger partial charge is 0.454 e. The molecule has 0 aliphatic carbocycles. The first-order valence-electron chi connectivity index (χ1n) is 11.1. The molecule has 1 N–H and O–H groups in total. The maximum atomic E-state index is 12.8. The fourth-order valence-electron chi connectivity index (χ4n) is 4.37. The number of ether oxygens (including phenoxy) is 2. The van der Waals surface area contributed by atoms with Crippen molar-refractivity contribution in [1.29, 1.82) is 0 Å². The lowest BCUT2D eigenvalue weighted by Gasteiger charge is -2.31. The minimum Gasteiger partial charge on any atom is -0.454 e. The van der Waals surface area contributed by atoms with Gasteiger partial charge in [0.2, 0.25) is 12.7 Å². The highest BCUT2D eigenvalue weighted by molar-refractivity contribution is 6.04. The Morgan fingerprint density at radius 1 is 1.06 bits per heavy atom. The van der Waals surface area contributed by atoms with E-state index in [0.29, 0.717) is 31.0 Å². The van der Waals surface area contributed by atoms with Crippen LogP contribution in [0.15, 0.2) is 54.6 Å². The Labute approximate surface area is 192 Å². The van der Waals surface area contributed by atoms with Crippen molar-refractivity contribution in [2.75, 3.05) is 31.8 Å². The van der Waals surface area contributed by atoms with Crippen LogP contribution in [0.25, 0.3) is 0 Å². The molecule has 0 atom stereocenters. The molecular weight excluding hydrogens is 420 g/mol.